The number of nitrogens with one attached hydrogen (secondary N) is 2. The second-order valence-electron chi connectivity index (χ2n) is 5.21. The van der Waals surface area contributed by atoms with Gasteiger partial charge in [0.1, 0.15) is 13.2 Å². The highest BCUT2D eigenvalue weighted by Crippen LogP contribution is 2.25. The zero-order chi connectivity index (χ0) is 21.5. The van der Waals surface area contributed by atoms with Crippen LogP contribution >= 0.6 is 11.8 Å². The van der Waals surface area contributed by atoms with Gasteiger partial charge in [0.15, 0.2) is 5.03 Å². The number of pyridine rings is 1. The minimum atomic E-state index is -1.18. The van der Waals surface area contributed by atoms with Gasteiger partial charge in [-0.2, -0.15) is 0 Å². The summed E-state index contributed by atoms with van der Waals surface area (Å²) in [6.07, 6.45) is 4.12. The summed E-state index contributed by atoms with van der Waals surface area (Å²) >= 11 is 1.10. The van der Waals surface area contributed by atoms with Crippen LogP contribution < -0.4 is 10.6 Å². The van der Waals surface area contributed by atoms with Crippen LogP contribution in [0.2, 0.25) is 0 Å². The van der Waals surface area contributed by atoms with Crippen molar-refractivity contribution in [2.45, 2.75) is 25.3 Å². The van der Waals surface area contributed by atoms with E-state index in [9.17, 15) is 24.5 Å². The van der Waals surface area contributed by atoms with Gasteiger partial charge in [-0.3, -0.25) is 19.7 Å². The molecule has 12 heteroatoms. The Morgan fingerprint density at radius 3 is 2.39 bits per heavy atom. The summed E-state index contributed by atoms with van der Waals surface area (Å²) < 4.78 is 4.59. The maximum atomic E-state index is 11.9. The molecule has 1 aromatic heterocycles. The Kier molecular flexibility index (Phi) is 12.9. The highest BCUT2D eigenvalue weighted by molar-refractivity contribution is 7.98. The van der Waals surface area contributed by atoms with E-state index in [1.165, 1.54) is 12.6 Å². The standard InChI is InChI=1S/C13H16N4O7S.C3H8/c1-25-13-9(17(22)23)4-8(5-16-13)12(21)15-3-2-14-10(18)6-24-7-11(19)20;1-3-2/h4-5H,2-3,6-7H2,1H3,(H,14,18)(H,15,21)(H,19,20);3H2,1-2H3. The lowest BCUT2D eigenvalue weighted by molar-refractivity contribution is -0.388. The van der Waals surface area contributed by atoms with E-state index in [-0.39, 0.29) is 29.4 Å². The van der Waals surface area contributed by atoms with E-state index in [0.717, 1.165) is 17.8 Å². The second-order valence-corrected chi connectivity index (χ2v) is 6.00. The van der Waals surface area contributed by atoms with Crippen molar-refractivity contribution in [3.63, 3.8) is 0 Å². The Hall–Kier alpha value is -2.73. The van der Waals surface area contributed by atoms with E-state index < -0.39 is 35.9 Å². The van der Waals surface area contributed by atoms with Gasteiger partial charge < -0.3 is 20.5 Å². The molecule has 156 valence electrons. The quantitative estimate of drug-likeness (QED) is 0.219. The Bertz CT molecular complexity index is 685. The smallest absolute Gasteiger partial charge is 0.329 e. The molecule has 0 saturated carbocycles. The molecule has 1 rings (SSSR count). The van der Waals surface area contributed by atoms with E-state index in [2.05, 4.69) is 34.2 Å². The molecule has 2 amide bonds. The van der Waals surface area contributed by atoms with Gasteiger partial charge in [0.05, 0.1) is 10.5 Å². The maximum absolute atomic E-state index is 11.9. The van der Waals surface area contributed by atoms with Gasteiger partial charge in [-0.05, 0) is 6.26 Å². The number of carboxylic acids is 1. The zero-order valence-corrected chi connectivity index (χ0v) is 16.7. The molecular formula is C16H24N4O7S. The fraction of sp³-hybridized carbons (Fsp3) is 0.500. The predicted molar refractivity (Wildman–Crippen MR) is 102 cm³/mol. The average molecular weight is 416 g/mol. The number of carboxylic acid groups (broad SMARTS) is 1. The van der Waals surface area contributed by atoms with Crippen molar-refractivity contribution >= 4 is 35.2 Å². The molecular weight excluding hydrogens is 392 g/mol. The van der Waals surface area contributed by atoms with Crippen molar-refractivity contribution in [2.75, 3.05) is 32.6 Å². The number of aliphatic carboxylic acids is 1. The molecule has 0 atom stereocenters. The van der Waals surface area contributed by atoms with Gasteiger partial charge in [0, 0.05) is 25.4 Å². The summed E-state index contributed by atoms with van der Waals surface area (Å²) in [7, 11) is 0. The number of carbonyl (C=O) groups excluding carboxylic acids is 2. The van der Waals surface area contributed by atoms with E-state index in [0.29, 0.717) is 0 Å². The van der Waals surface area contributed by atoms with Gasteiger partial charge in [-0.25, -0.2) is 9.78 Å². The Labute approximate surface area is 166 Å². The number of nitro groups is 1. The van der Waals surface area contributed by atoms with Gasteiger partial charge >= 0.3 is 11.7 Å². The molecule has 0 spiro atoms. The summed E-state index contributed by atoms with van der Waals surface area (Å²) in [6.45, 7) is 3.41. The Morgan fingerprint density at radius 2 is 1.86 bits per heavy atom. The van der Waals surface area contributed by atoms with Crippen LogP contribution in [0.3, 0.4) is 0 Å². The lowest BCUT2D eigenvalue weighted by Crippen LogP contribution is -2.36. The first-order valence-corrected chi connectivity index (χ1v) is 9.52. The maximum Gasteiger partial charge on any atom is 0.329 e. The van der Waals surface area contributed by atoms with Crippen LogP contribution in [0.1, 0.15) is 30.6 Å². The molecule has 1 aromatic rings. The summed E-state index contributed by atoms with van der Waals surface area (Å²) in [5.74, 6) is -2.29. The first kappa shape index (κ1) is 25.3. The first-order valence-electron chi connectivity index (χ1n) is 8.29. The minimum absolute atomic E-state index is 0.0284. The average Bonchev–Trinajstić information content (AvgIpc) is 2.64. The highest BCUT2D eigenvalue weighted by atomic mass is 32.2. The summed E-state index contributed by atoms with van der Waals surface area (Å²) in [4.78, 5) is 47.6. The molecule has 0 unspecified atom stereocenters. The number of nitrogens with zero attached hydrogens (tertiary/aromatic N) is 2. The van der Waals surface area contributed by atoms with Crippen LogP contribution in [-0.4, -0.2) is 65.4 Å². The fourth-order valence-corrected chi connectivity index (χ4v) is 2.12. The molecule has 0 aliphatic rings. The third kappa shape index (κ3) is 10.4. The number of thioether (sulfide) groups is 1. The largest absolute Gasteiger partial charge is 0.480 e. The molecule has 3 N–H and O–H groups in total. The highest BCUT2D eigenvalue weighted by Gasteiger charge is 2.18. The second kappa shape index (κ2) is 14.3. The molecule has 0 aromatic carbocycles. The molecule has 0 saturated heterocycles. The SMILES string of the molecule is CCC.CSc1ncc(C(=O)NCCNC(=O)COCC(=O)O)cc1[N+](=O)[O-]. The zero-order valence-electron chi connectivity index (χ0n) is 15.9. The van der Waals surface area contributed by atoms with Crippen molar-refractivity contribution in [2.24, 2.45) is 0 Å². The van der Waals surface area contributed by atoms with Crippen molar-refractivity contribution in [3.8, 4) is 0 Å². The van der Waals surface area contributed by atoms with Crippen molar-refractivity contribution in [1.82, 2.24) is 15.6 Å². The number of ether oxygens (including phenoxy) is 1. The van der Waals surface area contributed by atoms with Crippen molar-refractivity contribution < 1.29 is 29.2 Å². The fourth-order valence-electron chi connectivity index (χ4n) is 1.61. The van der Waals surface area contributed by atoms with Gasteiger partial charge in [0.25, 0.3) is 5.91 Å². The molecule has 0 fully saturated rings. The number of aromatic nitrogens is 1. The number of amides is 2. The van der Waals surface area contributed by atoms with Crippen LogP contribution in [0.4, 0.5) is 5.69 Å². The third-order valence-corrected chi connectivity index (χ3v) is 3.38. The number of rotatable bonds is 10. The molecule has 11 nitrogen and oxygen atoms in total. The van der Waals surface area contributed by atoms with E-state index in [1.807, 2.05) is 0 Å². The first-order chi connectivity index (χ1) is 13.3. The summed E-state index contributed by atoms with van der Waals surface area (Å²) in [5, 5.41) is 24.4. The van der Waals surface area contributed by atoms with Crippen LogP contribution in [0, 0.1) is 10.1 Å². The monoisotopic (exact) mass is 416 g/mol. The Morgan fingerprint density at radius 1 is 1.25 bits per heavy atom. The summed E-state index contributed by atoms with van der Waals surface area (Å²) in [6, 6.07) is 1.13. The molecule has 0 bridgehead atoms. The van der Waals surface area contributed by atoms with Crippen LogP contribution in [-0.2, 0) is 14.3 Å². The van der Waals surface area contributed by atoms with E-state index >= 15 is 0 Å². The normalized spacial score (nSPS) is 9.68. The van der Waals surface area contributed by atoms with Crippen molar-refractivity contribution in [1.29, 1.82) is 0 Å². The molecule has 28 heavy (non-hydrogen) atoms. The van der Waals surface area contributed by atoms with Crippen LogP contribution in [0.25, 0.3) is 0 Å². The Balaban J connectivity index is 0.00000227. The molecule has 0 aliphatic heterocycles. The number of hydrogen-bond acceptors (Lipinski definition) is 8. The van der Waals surface area contributed by atoms with Gasteiger partial charge in [-0.15, -0.1) is 11.8 Å². The minimum Gasteiger partial charge on any atom is -0.480 e. The summed E-state index contributed by atoms with van der Waals surface area (Å²) in [5.41, 5.74) is -0.232. The molecule has 1 heterocycles. The van der Waals surface area contributed by atoms with Crippen LogP contribution in [0.5, 0.6) is 0 Å². The molecule has 0 radical (unpaired) electrons. The number of hydrogen-bond donors (Lipinski definition) is 3. The predicted octanol–water partition coefficient (Wildman–Crippen LogP) is 1.08. The molecule has 0 aliphatic carbocycles. The van der Waals surface area contributed by atoms with E-state index in [1.54, 1.807) is 6.26 Å². The lowest BCUT2D eigenvalue weighted by atomic mass is 10.2. The van der Waals surface area contributed by atoms with Gasteiger partial charge in [0.2, 0.25) is 5.91 Å². The topological polar surface area (TPSA) is 161 Å². The lowest BCUT2D eigenvalue weighted by Gasteiger charge is -2.07. The van der Waals surface area contributed by atoms with Crippen LogP contribution in [0.15, 0.2) is 17.3 Å². The van der Waals surface area contributed by atoms with Crippen molar-refractivity contribution in [3.05, 3.63) is 27.9 Å². The van der Waals surface area contributed by atoms with Gasteiger partial charge in [-0.1, -0.05) is 20.3 Å². The van der Waals surface area contributed by atoms with E-state index in [4.69, 9.17) is 5.11 Å². The number of carbonyl (C=O) groups is 3. The third-order valence-electron chi connectivity index (χ3n) is 2.68.